The van der Waals surface area contributed by atoms with E-state index in [4.69, 9.17) is 19.5 Å². The fourth-order valence-corrected chi connectivity index (χ4v) is 3.03. The smallest absolute Gasteiger partial charge is 0.247 e. The van der Waals surface area contributed by atoms with E-state index in [0.29, 0.717) is 40.2 Å². The Bertz CT molecular complexity index is 1220. The fraction of sp³-hybridized carbons (Fsp3) is 0.143. The normalized spacial score (nSPS) is 10.5. The zero-order valence-corrected chi connectivity index (χ0v) is 16.6. The highest BCUT2D eigenvalue weighted by Crippen LogP contribution is 2.40. The number of aromatic nitrogens is 4. The molecule has 2 aromatic heterocycles. The number of hydrogen-bond acceptors (Lipinski definition) is 8. The van der Waals surface area contributed by atoms with E-state index < -0.39 is 0 Å². The van der Waals surface area contributed by atoms with Gasteiger partial charge in [-0.25, -0.2) is 4.98 Å². The van der Waals surface area contributed by atoms with Gasteiger partial charge in [0.1, 0.15) is 0 Å². The molecule has 0 amide bonds. The minimum absolute atomic E-state index is 0.404. The molecule has 2 aromatic carbocycles. The second-order valence-electron chi connectivity index (χ2n) is 6.20. The Morgan fingerprint density at radius 1 is 0.967 bits per heavy atom. The van der Waals surface area contributed by atoms with Gasteiger partial charge in [0.05, 0.1) is 33.0 Å². The van der Waals surface area contributed by atoms with E-state index in [1.807, 2.05) is 0 Å². The van der Waals surface area contributed by atoms with Crippen LogP contribution in [0, 0.1) is 11.3 Å². The van der Waals surface area contributed by atoms with Crippen LogP contribution >= 0.6 is 0 Å². The molecule has 0 radical (unpaired) electrons. The van der Waals surface area contributed by atoms with Crippen LogP contribution in [0.5, 0.6) is 17.2 Å². The van der Waals surface area contributed by atoms with Crippen molar-refractivity contribution in [3.05, 3.63) is 54.2 Å². The molecule has 4 rings (SSSR count). The quantitative estimate of drug-likeness (QED) is 0.523. The van der Waals surface area contributed by atoms with Gasteiger partial charge < -0.3 is 19.5 Å². The number of ether oxygens (including phenoxy) is 3. The minimum atomic E-state index is 0.404. The first kappa shape index (κ1) is 19.0. The highest BCUT2D eigenvalue weighted by molar-refractivity contribution is 5.68. The summed E-state index contributed by atoms with van der Waals surface area (Å²) in [7, 11) is 4.67. The van der Waals surface area contributed by atoms with Crippen molar-refractivity contribution in [1.82, 2.24) is 19.6 Å². The van der Waals surface area contributed by atoms with Gasteiger partial charge in [-0.3, -0.25) is 0 Å². The Morgan fingerprint density at radius 3 is 2.27 bits per heavy atom. The summed E-state index contributed by atoms with van der Waals surface area (Å²) in [5, 5.41) is 16.6. The van der Waals surface area contributed by atoms with Gasteiger partial charge in [0.2, 0.25) is 11.7 Å². The van der Waals surface area contributed by atoms with Gasteiger partial charge in [0.15, 0.2) is 23.0 Å². The highest BCUT2D eigenvalue weighted by atomic mass is 16.5. The predicted octanol–water partition coefficient (Wildman–Crippen LogP) is 3.43. The van der Waals surface area contributed by atoms with Crippen molar-refractivity contribution in [2.24, 2.45) is 0 Å². The maximum absolute atomic E-state index is 8.93. The molecule has 0 atom stereocenters. The molecular formula is C21H18N6O3. The first-order chi connectivity index (χ1) is 14.7. The second-order valence-corrected chi connectivity index (χ2v) is 6.20. The molecule has 0 aliphatic rings. The van der Waals surface area contributed by atoms with Crippen LogP contribution in [0.15, 0.2) is 48.7 Å². The lowest BCUT2D eigenvalue weighted by Crippen LogP contribution is -2.00. The average molecular weight is 402 g/mol. The summed E-state index contributed by atoms with van der Waals surface area (Å²) >= 11 is 0. The molecule has 0 spiro atoms. The molecule has 1 N–H and O–H groups in total. The van der Waals surface area contributed by atoms with E-state index in [9.17, 15) is 0 Å². The molecule has 150 valence electrons. The molecule has 0 fully saturated rings. The molecule has 9 heteroatoms. The van der Waals surface area contributed by atoms with Gasteiger partial charge in [-0.2, -0.15) is 14.8 Å². The molecule has 0 aliphatic heterocycles. The zero-order valence-electron chi connectivity index (χ0n) is 16.6. The predicted molar refractivity (Wildman–Crippen MR) is 110 cm³/mol. The van der Waals surface area contributed by atoms with E-state index in [1.165, 1.54) is 0 Å². The fourth-order valence-electron chi connectivity index (χ4n) is 3.03. The van der Waals surface area contributed by atoms with Gasteiger partial charge in [-0.15, -0.1) is 5.10 Å². The van der Waals surface area contributed by atoms with Crippen LogP contribution in [0.2, 0.25) is 0 Å². The number of fused-ring (bicyclic) bond motifs is 1. The van der Waals surface area contributed by atoms with E-state index in [0.717, 1.165) is 11.3 Å². The molecule has 0 aliphatic carbocycles. The molecule has 0 bridgehead atoms. The van der Waals surface area contributed by atoms with Crippen molar-refractivity contribution in [2.75, 3.05) is 26.6 Å². The number of methoxy groups -OCH3 is 3. The molecule has 9 nitrogen and oxygen atoms in total. The van der Waals surface area contributed by atoms with Crippen LogP contribution in [0.1, 0.15) is 5.56 Å². The van der Waals surface area contributed by atoms with Crippen molar-refractivity contribution in [3.8, 4) is 34.7 Å². The standard InChI is InChI=1S/C21H18N6O3/c1-28-16-10-14(11-17(29-2)19(16)30-3)20-23-9-8-18-25-21(26-27(18)20)24-15-6-4-13(12-22)5-7-15/h4-11H,1-3H3,(H,24,26). The lowest BCUT2D eigenvalue weighted by Gasteiger charge is -2.14. The summed E-state index contributed by atoms with van der Waals surface area (Å²) < 4.78 is 17.9. The minimum Gasteiger partial charge on any atom is -0.493 e. The summed E-state index contributed by atoms with van der Waals surface area (Å²) in [5.41, 5.74) is 2.69. The number of nitrogens with zero attached hydrogens (tertiary/aromatic N) is 5. The van der Waals surface area contributed by atoms with Crippen molar-refractivity contribution in [2.45, 2.75) is 0 Å². The number of nitrogens with one attached hydrogen (secondary N) is 1. The third-order valence-corrected chi connectivity index (χ3v) is 4.45. The van der Waals surface area contributed by atoms with E-state index in [2.05, 4.69) is 26.5 Å². The largest absolute Gasteiger partial charge is 0.493 e. The van der Waals surface area contributed by atoms with Gasteiger partial charge in [0.25, 0.3) is 0 Å². The first-order valence-electron chi connectivity index (χ1n) is 8.96. The summed E-state index contributed by atoms with van der Waals surface area (Å²) in [5.74, 6) is 2.50. The first-order valence-corrected chi connectivity index (χ1v) is 8.96. The van der Waals surface area contributed by atoms with Crippen molar-refractivity contribution in [1.29, 1.82) is 5.26 Å². The van der Waals surface area contributed by atoms with Crippen LogP contribution in [-0.2, 0) is 0 Å². The van der Waals surface area contributed by atoms with E-state index >= 15 is 0 Å². The Morgan fingerprint density at radius 2 is 1.67 bits per heavy atom. The van der Waals surface area contributed by atoms with Crippen LogP contribution in [-0.4, -0.2) is 40.9 Å². The zero-order chi connectivity index (χ0) is 21.1. The van der Waals surface area contributed by atoms with Crippen molar-refractivity contribution < 1.29 is 14.2 Å². The molecule has 0 unspecified atom stereocenters. The van der Waals surface area contributed by atoms with E-state index in [-0.39, 0.29) is 0 Å². The summed E-state index contributed by atoms with van der Waals surface area (Å²) in [6, 6.07) is 14.5. The topological polar surface area (TPSA) is 107 Å². The Labute approximate surface area is 172 Å². The highest BCUT2D eigenvalue weighted by Gasteiger charge is 2.17. The molecule has 30 heavy (non-hydrogen) atoms. The maximum Gasteiger partial charge on any atom is 0.247 e. The summed E-state index contributed by atoms with van der Waals surface area (Å²) in [4.78, 5) is 8.98. The van der Waals surface area contributed by atoms with Crippen LogP contribution in [0.3, 0.4) is 0 Å². The molecule has 2 heterocycles. The van der Waals surface area contributed by atoms with Crippen LogP contribution in [0.25, 0.3) is 17.0 Å². The maximum atomic E-state index is 8.93. The van der Waals surface area contributed by atoms with Crippen molar-refractivity contribution in [3.63, 3.8) is 0 Å². The number of benzene rings is 2. The number of rotatable bonds is 6. The van der Waals surface area contributed by atoms with E-state index in [1.54, 1.807) is 74.5 Å². The van der Waals surface area contributed by atoms with Crippen LogP contribution in [0.4, 0.5) is 11.6 Å². The Kier molecular flexibility index (Phi) is 5.05. The molecular weight excluding hydrogens is 384 g/mol. The molecule has 0 saturated carbocycles. The van der Waals surface area contributed by atoms with Gasteiger partial charge in [-0.1, -0.05) is 0 Å². The van der Waals surface area contributed by atoms with Crippen molar-refractivity contribution >= 4 is 17.3 Å². The number of nitriles is 1. The van der Waals surface area contributed by atoms with Crippen LogP contribution < -0.4 is 19.5 Å². The summed E-state index contributed by atoms with van der Waals surface area (Å²) in [6.45, 7) is 0. The van der Waals surface area contributed by atoms with Gasteiger partial charge in [0, 0.05) is 23.5 Å². The third-order valence-electron chi connectivity index (χ3n) is 4.45. The third kappa shape index (κ3) is 3.42. The number of anilines is 2. The Hall–Kier alpha value is -4.32. The monoisotopic (exact) mass is 402 g/mol. The molecule has 4 aromatic rings. The average Bonchev–Trinajstić information content (AvgIpc) is 3.20. The van der Waals surface area contributed by atoms with Gasteiger partial charge >= 0.3 is 0 Å². The SMILES string of the molecule is COc1cc(-c2nccc3nc(Nc4ccc(C#N)cc4)nn23)cc(OC)c1OC. The lowest BCUT2D eigenvalue weighted by atomic mass is 10.1. The van der Waals surface area contributed by atoms with Gasteiger partial charge in [-0.05, 0) is 36.4 Å². The summed E-state index contributed by atoms with van der Waals surface area (Å²) in [6.07, 6.45) is 1.66. The second kappa shape index (κ2) is 7.97. The Balaban J connectivity index is 1.76. The molecule has 0 saturated heterocycles. The number of hydrogen-bond donors (Lipinski definition) is 1. The lowest BCUT2D eigenvalue weighted by molar-refractivity contribution is 0.324.